The van der Waals surface area contributed by atoms with E-state index in [9.17, 15) is 9.59 Å². The number of hydrogen-bond acceptors (Lipinski definition) is 6. The Morgan fingerprint density at radius 3 is 2.37 bits per heavy atom. The molecule has 6 heteroatoms. The van der Waals surface area contributed by atoms with Crippen LogP contribution < -0.4 is 4.74 Å². The molecule has 3 aromatic rings. The summed E-state index contributed by atoms with van der Waals surface area (Å²) < 4.78 is 23.1. The molecule has 0 saturated carbocycles. The predicted octanol–water partition coefficient (Wildman–Crippen LogP) is 4.29. The van der Waals surface area contributed by atoms with E-state index >= 15 is 0 Å². The minimum atomic E-state index is -0.883. The van der Waals surface area contributed by atoms with Crippen LogP contribution in [0.2, 0.25) is 0 Å². The first-order valence-corrected chi connectivity index (χ1v) is 8.75. The quantitative estimate of drug-likeness (QED) is 0.628. The van der Waals surface area contributed by atoms with Gasteiger partial charge in [-0.05, 0) is 32.0 Å². The highest BCUT2D eigenvalue weighted by molar-refractivity contribution is 6.05. The van der Waals surface area contributed by atoms with Crippen LogP contribution in [0, 0.1) is 0 Å². The smallest absolute Gasteiger partial charge is 0.303 e. The molecule has 4 rings (SSSR count). The van der Waals surface area contributed by atoms with Crippen LogP contribution in [0.3, 0.4) is 0 Å². The van der Waals surface area contributed by atoms with Gasteiger partial charge in [0.25, 0.3) is 0 Å². The Labute approximate surface area is 156 Å². The minimum absolute atomic E-state index is 0.467. The predicted molar refractivity (Wildman–Crippen MR) is 98.5 cm³/mol. The Morgan fingerprint density at radius 1 is 0.963 bits per heavy atom. The van der Waals surface area contributed by atoms with Gasteiger partial charge in [-0.15, -0.1) is 0 Å². The van der Waals surface area contributed by atoms with E-state index in [1.807, 2.05) is 30.3 Å². The number of rotatable bonds is 2. The molecule has 2 heterocycles. The zero-order chi connectivity index (χ0) is 19.3. The maximum absolute atomic E-state index is 11.7. The van der Waals surface area contributed by atoms with E-state index in [4.69, 9.17) is 18.6 Å². The molecule has 1 aromatic heterocycles. The van der Waals surface area contributed by atoms with Gasteiger partial charge in [-0.3, -0.25) is 9.59 Å². The molecular formula is C21H20O6. The molecule has 0 unspecified atom stereocenters. The number of para-hydroxylation sites is 1. The zero-order valence-corrected chi connectivity index (χ0v) is 15.6. The molecule has 0 radical (unpaired) electrons. The summed E-state index contributed by atoms with van der Waals surface area (Å²) >= 11 is 0. The monoisotopic (exact) mass is 368 g/mol. The lowest BCUT2D eigenvalue weighted by Gasteiger charge is -2.43. The first-order valence-electron chi connectivity index (χ1n) is 8.75. The Hall–Kier alpha value is -3.02. The van der Waals surface area contributed by atoms with Gasteiger partial charge in [-0.2, -0.15) is 0 Å². The summed E-state index contributed by atoms with van der Waals surface area (Å²) in [6.07, 6.45) is -1.57. The van der Waals surface area contributed by atoms with Crippen molar-refractivity contribution in [3.63, 3.8) is 0 Å². The molecule has 2 aromatic carbocycles. The van der Waals surface area contributed by atoms with Gasteiger partial charge in [0.1, 0.15) is 22.5 Å². The van der Waals surface area contributed by atoms with Crippen molar-refractivity contribution in [1.29, 1.82) is 0 Å². The molecule has 1 aliphatic heterocycles. The van der Waals surface area contributed by atoms with Crippen molar-refractivity contribution < 1.29 is 28.2 Å². The van der Waals surface area contributed by atoms with Gasteiger partial charge in [0.05, 0.1) is 0 Å². The molecule has 27 heavy (non-hydrogen) atoms. The molecule has 140 valence electrons. The summed E-state index contributed by atoms with van der Waals surface area (Å²) in [6, 6.07) is 11.4. The first kappa shape index (κ1) is 17.4. The zero-order valence-electron chi connectivity index (χ0n) is 15.6. The second-order valence-electron chi connectivity index (χ2n) is 7.25. The minimum Gasteiger partial charge on any atom is -0.483 e. The summed E-state index contributed by atoms with van der Waals surface area (Å²) in [5, 5.41) is 1.88. The number of furan rings is 1. The summed E-state index contributed by atoms with van der Waals surface area (Å²) in [6.45, 7) is 6.25. The van der Waals surface area contributed by atoms with E-state index in [0.717, 1.165) is 16.4 Å². The van der Waals surface area contributed by atoms with Crippen molar-refractivity contribution in [3.8, 4) is 5.75 Å². The van der Waals surface area contributed by atoms with Crippen molar-refractivity contribution in [3.05, 3.63) is 42.0 Å². The number of carbonyl (C=O) groups excluding carboxylic acids is 2. The third kappa shape index (κ3) is 2.91. The van der Waals surface area contributed by atoms with Crippen LogP contribution in [-0.4, -0.2) is 23.6 Å². The SMILES string of the molecule is CC(=O)O[C@@H]1c2cc3oc4ccccc4c3cc2OC(C)(C)[C@@H]1OC(C)=O. The molecule has 0 amide bonds. The van der Waals surface area contributed by atoms with E-state index in [-0.39, 0.29) is 0 Å². The topological polar surface area (TPSA) is 75.0 Å². The van der Waals surface area contributed by atoms with Crippen LogP contribution in [0.15, 0.2) is 40.8 Å². The Bertz CT molecular complexity index is 1060. The van der Waals surface area contributed by atoms with E-state index in [2.05, 4.69) is 0 Å². The average molecular weight is 368 g/mol. The summed E-state index contributed by atoms with van der Waals surface area (Å²) in [4.78, 5) is 23.4. The van der Waals surface area contributed by atoms with Gasteiger partial charge in [0.2, 0.25) is 0 Å². The standard InChI is InChI=1S/C21H20O6/c1-11(22)24-19-15-10-17-14(13-7-5-6-8-16(13)26-17)9-18(15)27-21(3,4)20(19)25-12(2)23/h5-10,19-20H,1-4H3/t19-,20-/m1/s1. The van der Waals surface area contributed by atoms with Crippen LogP contribution in [-0.2, 0) is 19.1 Å². The second-order valence-corrected chi connectivity index (χ2v) is 7.25. The summed E-state index contributed by atoms with van der Waals surface area (Å²) in [7, 11) is 0. The number of fused-ring (bicyclic) bond motifs is 4. The molecule has 0 N–H and O–H groups in total. The van der Waals surface area contributed by atoms with Crippen molar-refractivity contribution in [1.82, 2.24) is 0 Å². The Kier molecular flexibility index (Phi) is 3.87. The van der Waals surface area contributed by atoms with Gasteiger partial charge >= 0.3 is 11.9 Å². The van der Waals surface area contributed by atoms with Gasteiger partial charge in [0, 0.05) is 30.2 Å². The molecule has 0 bridgehead atoms. The number of carbonyl (C=O) groups is 2. The molecule has 1 aliphatic rings. The lowest BCUT2D eigenvalue weighted by Crippen LogP contribution is -2.51. The average Bonchev–Trinajstić information content (AvgIpc) is 2.93. The Balaban J connectivity index is 1.93. The van der Waals surface area contributed by atoms with E-state index in [0.29, 0.717) is 16.9 Å². The van der Waals surface area contributed by atoms with Crippen LogP contribution in [0.25, 0.3) is 21.9 Å². The number of hydrogen-bond donors (Lipinski definition) is 0. The van der Waals surface area contributed by atoms with Crippen LogP contribution >= 0.6 is 0 Å². The number of esters is 2. The van der Waals surface area contributed by atoms with Crippen molar-refractivity contribution in [2.24, 2.45) is 0 Å². The Morgan fingerprint density at radius 2 is 1.67 bits per heavy atom. The molecule has 0 saturated heterocycles. The number of benzene rings is 2. The lowest BCUT2D eigenvalue weighted by atomic mass is 9.87. The summed E-state index contributed by atoms with van der Waals surface area (Å²) in [5.41, 5.74) is 1.14. The van der Waals surface area contributed by atoms with E-state index < -0.39 is 29.7 Å². The van der Waals surface area contributed by atoms with Gasteiger partial charge in [0.15, 0.2) is 12.2 Å². The lowest BCUT2D eigenvalue weighted by molar-refractivity contribution is -0.187. The fourth-order valence-electron chi connectivity index (χ4n) is 3.63. The molecule has 6 nitrogen and oxygen atoms in total. The van der Waals surface area contributed by atoms with Crippen molar-refractivity contribution in [2.75, 3.05) is 0 Å². The van der Waals surface area contributed by atoms with E-state index in [1.54, 1.807) is 19.9 Å². The van der Waals surface area contributed by atoms with Crippen LogP contribution in [0.1, 0.15) is 39.4 Å². The van der Waals surface area contributed by atoms with Gasteiger partial charge in [-0.25, -0.2) is 0 Å². The molecule has 0 fully saturated rings. The maximum Gasteiger partial charge on any atom is 0.303 e. The highest BCUT2D eigenvalue weighted by Crippen LogP contribution is 2.46. The normalized spacial score (nSPS) is 20.7. The molecule has 2 atom stereocenters. The van der Waals surface area contributed by atoms with Gasteiger partial charge < -0.3 is 18.6 Å². The third-order valence-electron chi connectivity index (χ3n) is 4.73. The van der Waals surface area contributed by atoms with Crippen LogP contribution in [0.4, 0.5) is 0 Å². The van der Waals surface area contributed by atoms with Crippen molar-refractivity contribution >= 4 is 33.9 Å². The largest absolute Gasteiger partial charge is 0.483 e. The first-order chi connectivity index (χ1) is 12.8. The number of ether oxygens (including phenoxy) is 3. The molecular weight excluding hydrogens is 348 g/mol. The fraction of sp³-hybridized carbons (Fsp3) is 0.333. The second kappa shape index (κ2) is 6.01. The molecule has 0 spiro atoms. The highest BCUT2D eigenvalue weighted by Gasteiger charge is 2.48. The summed E-state index contributed by atoms with van der Waals surface area (Å²) in [5.74, 6) is -0.360. The molecule has 0 aliphatic carbocycles. The fourth-order valence-corrected chi connectivity index (χ4v) is 3.63. The highest BCUT2D eigenvalue weighted by atomic mass is 16.6. The van der Waals surface area contributed by atoms with E-state index in [1.165, 1.54) is 13.8 Å². The third-order valence-corrected chi connectivity index (χ3v) is 4.73. The maximum atomic E-state index is 11.7. The van der Waals surface area contributed by atoms with Crippen molar-refractivity contribution in [2.45, 2.75) is 45.5 Å². The van der Waals surface area contributed by atoms with Crippen LogP contribution in [0.5, 0.6) is 5.75 Å². The van der Waals surface area contributed by atoms with Gasteiger partial charge in [-0.1, -0.05) is 18.2 Å².